The fraction of sp³-hybridized carbons (Fsp3) is 0.0750. The molecule has 0 saturated carbocycles. The molecule has 16 heterocycles. The Morgan fingerprint density at radius 3 is 0.403 bits per heavy atom. The van der Waals surface area contributed by atoms with Crippen molar-refractivity contribution >= 4 is 319 Å². The van der Waals surface area contributed by atoms with Crippen molar-refractivity contribution < 1.29 is 131 Å². The molecule has 0 aliphatic carbocycles. The van der Waals surface area contributed by atoms with Crippen molar-refractivity contribution in [1.82, 2.24) is 79.7 Å². The van der Waals surface area contributed by atoms with Crippen LogP contribution in [0.2, 0.25) is 0 Å². The van der Waals surface area contributed by atoms with Crippen LogP contribution in [0, 0.1) is 0 Å². The zero-order valence-electron chi connectivity index (χ0n) is 67.2. The van der Waals surface area contributed by atoms with Crippen molar-refractivity contribution in [2.75, 3.05) is 32.0 Å². The van der Waals surface area contributed by atoms with Gasteiger partial charge >= 0.3 is 117 Å². The molecular formula is C80H62Cl12Co6F6N26OPS2-. The van der Waals surface area contributed by atoms with Gasteiger partial charge in [0.05, 0.1) is 32.0 Å². The van der Waals surface area contributed by atoms with Crippen LogP contribution >= 0.6 is 171 Å². The number of hydrogen-bond donors (Lipinski definition) is 0. The van der Waals surface area contributed by atoms with Crippen LogP contribution in [-0.2, 0) is 101 Å². The largest absolute Gasteiger partial charge is 2.00 e. The van der Waals surface area contributed by atoms with E-state index in [9.17, 15) is 25.2 Å². The first-order chi connectivity index (χ1) is 61.2. The molecule has 16 rings (SSSR count). The fourth-order valence-corrected chi connectivity index (χ4v) is 8.71. The van der Waals surface area contributed by atoms with Gasteiger partial charge in [0.25, 0.3) is 0 Å². The van der Waals surface area contributed by atoms with E-state index in [0.717, 1.165) is 21.5 Å². The van der Waals surface area contributed by atoms with E-state index in [2.05, 4.69) is 147 Å². The van der Waals surface area contributed by atoms with E-state index in [-0.39, 0.29) is 138 Å². The van der Waals surface area contributed by atoms with Gasteiger partial charge in [-0.1, -0.05) is 170 Å². The second-order valence-electron chi connectivity index (χ2n) is 21.7. The van der Waals surface area contributed by atoms with Gasteiger partial charge in [0.15, 0.2) is 0 Å². The van der Waals surface area contributed by atoms with Gasteiger partial charge in [0, 0.05) is 132 Å². The number of isothiocyanates is 2. The minimum atomic E-state index is -10.7. The van der Waals surface area contributed by atoms with Crippen LogP contribution in [0.15, 0.2) is 292 Å². The molecule has 0 bridgehead atoms. The second-order valence-corrected chi connectivity index (χ2v) is 28.8. The maximum absolute atomic E-state index is 10.7. The topological polar surface area (TPSA) is 395 Å². The van der Waals surface area contributed by atoms with Crippen LogP contribution < -0.4 is 0 Å². The number of nitrogens with zero attached hydrogens (tertiary/aromatic N) is 26. The van der Waals surface area contributed by atoms with Crippen molar-refractivity contribution in [3.05, 3.63) is 346 Å². The number of fused-ring (bicyclic) bond motifs is 4. The molecular weight excluding hydrogens is 2330 g/mol. The Balaban J connectivity index is -0.000000748. The molecule has 0 saturated heterocycles. The van der Waals surface area contributed by atoms with E-state index < -0.39 is 7.81 Å². The molecule has 2 N–H and O–H groups in total. The summed E-state index contributed by atoms with van der Waals surface area (Å²) in [6.07, 6.45) is 13.6. The zero-order chi connectivity index (χ0) is 92.8. The smallest absolute Gasteiger partial charge is 0.753 e. The van der Waals surface area contributed by atoms with Crippen LogP contribution in [0.5, 0.6) is 0 Å². The van der Waals surface area contributed by atoms with Crippen LogP contribution in [0.3, 0.4) is 0 Å². The summed E-state index contributed by atoms with van der Waals surface area (Å²) < 4.78 is 59.2. The third kappa shape index (κ3) is 60.5. The fourth-order valence-electron chi connectivity index (χ4n) is 8.71. The van der Waals surface area contributed by atoms with Gasteiger partial charge < -0.3 is 139 Å². The summed E-state index contributed by atoms with van der Waals surface area (Å²) in [5, 5.41) is 57.0. The molecule has 27 nitrogen and oxygen atoms in total. The average Bonchev–Trinajstić information content (AvgIpc) is 0.780. The van der Waals surface area contributed by atoms with Crippen LogP contribution in [0.25, 0.3) is 97.5 Å². The van der Waals surface area contributed by atoms with Crippen molar-refractivity contribution in [3.63, 3.8) is 0 Å². The van der Waals surface area contributed by atoms with E-state index in [1.807, 2.05) is 243 Å². The molecule has 0 aromatic carbocycles. The number of rotatable bonds is 16. The summed E-state index contributed by atoms with van der Waals surface area (Å²) in [5.74, 6) is 9.35. The van der Waals surface area contributed by atoms with Gasteiger partial charge in [-0.2, -0.15) is 10.3 Å². The molecule has 16 aromatic rings. The van der Waals surface area contributed by atoms with Gasteiger partial charge in [-0.15, -0.1) is 139 Å². The summed E-state index contributed by atoms with van der Waals surface area (Å²) in [7, 11) is -10.7. The molecule has 0 aliphatic heterocycles. The minimum Gasteiger partial charge on any atom is -0.753 e. The normalized spacial score (nSPS) is 9.66. The number of hydrogen-bond acceptors (Lipinski definition) is 18. The quantitative estimate of drug-likeness (QED) is 0.0285. The van der Waals surface area contributed by atoms with E-state index in [0.29, 0.717) is 116 Å². The number of halogens is 18. The minimum absolute atomic E-state index is 0. The molecule has 0 spiro atoms. The molecule has 6 radical (unpaired) electrons. The maximum atomic E-state index is 9.87. The Hall–Kier alpha value is -8.07. The third-order valence-electron chi connectivity index (χ3n) is 13.1. The average molecular weight is 2390 g/mol. The predicted octanol–water partition coefficient (Wildman–Crippen LogP) is 32.8. The van der Waals surface area contributed by atoms with E-state index >= 15 is 0 Å². The first-order valence-corrected chi connectivity index (χ1v) is 43.9. The van der Waals surface area contributed by atoms with Crippen LogP contribution in [0.4, 0.5) is 118 Å². The first kappa shape index (κ1) is 132. The summed E-state index contributed by atoms with van der Waals surface area (Å²) in [4.78, 5) is 69.2. The van der Waals surface area contributed by atoms with Crippen molar-refractivity contribution in [2.24, 2.45) is 0 Å². The standard InChI is InChI=1S/4C18H12N6.6CH2Cl2.2CNS.6Co.F6P.H2O/c4*1-3-11-19-14(5-1)21-16-9-7-13-8-10-17(24-18(13)23-16)22-15-6-2-4-12-20-15;8*2-1-3;;;;;;;1-7(2,3,4,5)6;/h4*1-12H;6*1H2;;;;;;;;;;1H2/q4*-2;;;;;;;2*-1;;5*+2;-1;. The van der Waals surface area contributed by atoms with Crippen LogP contribution in [-0.4, -0.2) is 128 Å². The van der Waals surface area contributed by atoms with Gasteiger partial charge in [-0.3, -0.25) is 0 Å². The summed E-state index contributed by atoms with van der Waals surface area (Å²) in [6.45, 7) is 0. The van der Waals surface area contributed by atoms with Gasteiger partial charge in [-0.25, -0.2) is 0 Å². The Morgan fingerprint density at radius 1 is 0.224 bits per heavy atom. The molecule has 54 heteroatoms. The second kappa shape index (κ2) is 76.0. The molecule has 0 atom stereocenters. The first-order valence-electron chi connectivity index (χ1n) is 34.7. The monoisotopic (exact) mass is 2380 g/mol. The Labute approximate surface area is 898 Å². The third-order valence-corrected chi connectivity index (χ3v) is 13.1. The molecule has 0 fully saturated rings. The Kier molecular flexibility index (Phi) is 74.9. The van der Waals surface area contributed by atoms with Gasteiger partial charge in [0.1, 0.15) is 0 Å². The van der Waals surface area contributed by atoms with E-state index in [1.165, 1.54) is 10.3 Å². The molecule has 0 amide bonds. The van der Waals surface area contributed by atoms with Crippen molar-refractivity contribution in [1.29, 1.82) is 0 Å². The SMILES string of the molecule is ClCCl.ClCCl.ClCCl.ClCCl.ClCCl.ClCCl.F[P-](F)(F)(F)(F)F.O.[Co+2].[Co+2].[Co+2].[Co+2].[Co+2].[Co].[N-]=C=S.[N-]=C=S.c1ccc([N-]c2ccc3ccc([N-]c4ccccn4)nc3n2)nc1.c1ccc([N-]c2ccc3ccc([N-]c4ccccn4)nc3n2)nc1.c1ccc([N-]c2ccc3ccc([N-]c4ccccn4)nc3n2)nc1.c1ccc([N-]c2ccc3ccc([N-]c4ccccn4)nc3n2)nc1. The van der Waals surface area contributed by atoms with Crippen molar-refractivity contribution in [3.8, 4) is 0 Å². The molecule has 0 aliphatic rings. The van der Waals surface area contributed by atoms with Crippen molar-refractivity contribution in [2.45, 2.75) is 0 Å². The van der Waals surface area contributed by atoms with E-state index in [1.54, 1.807) is 49.6 Å². The van der Waals surface area contributed by atoms with E-state index in [4.69, 9.17) is 150 Å². The number of thiocarbonyl (C=S) groups is 2. The molecule has 0 unspecified atom stereocenters. The number of pyridine rings is 16. The molecule has 134 heavy (non-hydrogen) atoms. The summed E-state index contributed by atoms with van der Waals surface area (Å²) in [6, 6.07) is 74.6. The Bertz CT molecular complexity index is 4880. The molecule has 716 valence electrons. The van der Waals surface area contributed by atoms with Crippen LogP contribution in [0.1, 0.15) is 0 Å². The molecule has 16 aromatic heterocycles. The van der Waals surface area contributed by atoms with Gasteiger partial charge in [-0.05, 0) is 168 Å². The zero-order valence-corrected chi connectivity index (χ0v) is 85.0. The summed E-state index contributed by atoms with van der Waals surface area (Å²) in [5.41, 5.74) is 2.35. The maximum Gasteiger partial charge on any atom is 2.00 e. The summed E-state index contributed by atoms with van der Waals surface area (Å²) >= 11 is 64.6. The Morgan fingerprint density at radius 2 is 0.321 bits per heavy atom. The number of alkyl halides is 12. The predicted molar refractivity (Wildman–Crippen MR) is 522 cm³/mol. The number of aromatic nitrogens is 16. The van der Waals surface area contributed by atoms with Gasteiger partial charge in [0.2, 0.25) is 0 Å².